The number of ether oxygens (including phenoxy) is 1. The first-order valence-electron chi connectivity index (χ1n) is 9.71. The number of aliphatic hydroxyl groups is 1. The van der Waals surface area contributed by atoms with Crippen LogP contribution in [0, 0.1) is 12.3 Å². The topological polar surface area (TPSA) is 53.0 Å². The van der Waals surface area contributed by atoms with Crippen molar-refractivity contribution in [2.24, 2.45) is 0 Å². The number of carbonyl (C=O) groups excluding carboxylic acids is 1. The van der Waals surface area contributed by atoms with Crippen LogP contribution >= 0.6 is 0 Å². The van der Waals surface area contributed by atoms with Gasteiger partial charge in [0, 0.05) is 37.8 Å². The predicted molar refractivity (Wildman–Crippen MR) is 107 cm³/mol. The number of carbonyl (C=O) groups is 1. The molecule has 0 radical (unpaired) electrons. The molecule has 1 aromatic rings. The molecular formula is C22H32N2O3. The number of aliphatic hydroxyl groups excluding tert-OH is 1. The molecule has 1 N–H and O–H groups in total. The predicted octanol–water partition coefficient (Wildman–Crippen LogP) is 3.25. The van der Waals surface area contributed by atoms with E-state index in [4.69, 9.17) is 11.2 Å². The number of nitrogens with zero attached hydrogens (tertiary/aromatic N) is 2. The first-order valence-corrected chi connectivity index (χ1v) is 9.71. The summed E-state index contributed by atoms with van der Waals surface area (Å²) in [6.07, 6.45) is 8.24. The van der Waals surface area contributed by atoms with E-state index >= 15 is 0 Å². The molecule has 1 heterocycles. The molecule has 1 aromatic carbocycles. The summed E-state index contributed by atoms with van der Waals surface area (Å²) in [5, 5.41) is 9.48. The molecule has 2 rings (SSSR count). The molecule has 27 heavy (non-hydrogen) atoms. The summed E-state index contributed by atoms with van der Waals surface area (Å²) in [5.74, 6) is 2.62. The summed E-state index contributed by atoms with van der Waals surface area (Å²) in [6.45, 7) is 8.48. The highest BCUT2D eigenvalue weighted by molar-refractivity contribution is 5.68. The maximum Gasteiger partial charge on any atom is 0.410 e. The summed E-state index contributed by atoms with van der Waals surface area (Å²) in [6, 6.07) is 8.00. The average molecular weight is 373 g/mol. The van der Waals surface area contributed by atoms with Gasteiger partial charge in [-0.25, -0.2) is 4.79 Å². The fraction of sp³-hybridized carbons (Fsp3) is 0.591. The van der Waals surface area contributed by atoms with E-state index in [-0.39, 0.29) is 18.7 Å². The summed E-state index contributed by atoms with van der Waals surface area (Å²) in [5.41, 5.74) is 1.50. The maximum atomic E-state index is 12.6. The number of hydrogen-bond donors (Lipinski definition) is 1. The van der Waals surface area contributed by atoms with Crippen molar-refractivity contribution in [2.75, 3.05) is 26.2 Å². The second-order valence-corrected chi connectivity index (χ2v) is 8.12. The molecule has 1 fully saturated rings. The molecule has 0 bridgehead atoms. The standard InChI is InChI=1S/C22H32N2O3/c1-5-18-9-11-19(12-10-18)16-23(14-15-25)17-20-8-6-7-13-24(20)21(26)27-22(2,3)4/h1,9-12,20,25H,6-8,13-17H2,2-4H3. The number of hydrogen-bond acceptors (Lipinski definition) is 4. The Morgan fingerprint density at radius 3 is 2.63 bits per heavy atom. The van der Waals surface area contributed by atoms with Gasteiger partial charge in [-0.05, 0) is 57.7 Å². The van der Waals surface area contributed by atoms with E-state index in [1.165, 1.54) is 0 Å². The molecule has 148 valence electrons. The van der Waals surface area contributed by atoms with Crippen molar-refractivity contribution in [3.05, 3.63) is 35.4 Å². The van der Waals surface area contributed by atoms with Gasteiger partial charge in [-0.3, -0.25) is 4.90 Å². The number of rotatable bonds is 6. The maximum absolute atomic E-state index is 12.6. The van der Waals surface area contributed by atoms with E-state index in [1.807, 2.05) is 49.9 Å². The largest absolute Gasteiger partial charge is 0.444 e. The lowest BCUT2D eigenvalue weighted by Gasteiger charge is -2.39. The van der Waals surface area contributed by atoms with Crippen LogP contribution in [0.5, 0.6) is 0 Å². The SMILES string of the molecule is C#Cc1ccc(CN(CCO)CC2CCCCN2C(=O)OC(C)(C)C)cc1. The average Bonchev–Trinajstić information content (AvgIpc) is 2.61. The van der Waals surface area contributed by atoms with E-state index < -0.39 is 5.60 Å². The van der Waals surface area contributed by atoms with Crippen LogP contribution in [0.3, 0.4) is 0 Å². The molecule has 5 nitrogen and oxygen atoms in total. The third-order valence-electron chi connectivity index (χ3n) is 4.67. The zero-order valence-electron chi connectivity index (χ0n) is 16.8. The molecule has 0 aromatic heterocycles. The molecular weight excluding hydrogens is 340 g/mol. The van der Waals surface area contributed by atoms with Gasteiger partial charge >= 0.3 is 6.09 Å². The zero-order chi connectivity index (χ0) is 19.9. The summed E-state index contributed by atoms with van der Waals surface area (Å²) in [7, 11) is 0. The number of piperidine rings is 1. The highest BCUT2D eigenvalue weighted by atomic mass is 16.6. The number of benzene rings is 1. The fourth-order valence-electron chi connectivity index (χ4n) is 3.39. The Morgan fingerprint density at radius 1 is 1.33 bits per heavy atom. The van der Waals surface area contributed by atoms with Gasteiger partial charge in [-0.2, -0.15) is 0 Å². The second kappa shape index (κ2) is 9.77. The van der Waals surface area contributed by atoms with E-state index in [9.17, 15) is 9.90 Å². The Kier molecular flexibility index (Phi) is 7.70. The van der Waals surface area contributed by atoms with Crippen LogP contribution in [-0.4, -0.2) is 58.9 Å². The Hall–Kier alpha value is -2.03. The molecule has 1 amide bonds. The summed E-state index contributed by atoms with van der Waals surface area (Å²) < 4.78 is 5.59. The van der Waals surface area contributed by atoms with E-state index in [2.05, 4.69) is 10.8 Å². The minimum Gasteiger partial charge on any atom is -0.444 e. The Labute approximate surface area is 163 Å². The first-order chi connectivity index (χ1) is 12.8. The third-order valence-corrected chi connectivity index (χ3v) is 4.67. The lowest BCUT2D eigenvalue weighted by Crippen LogP contribution is -2.51. The van der Waals surface area contributed by atoms with E-state index in [0.29, 0.717) is 13.1 Å². The van der Waals surface area contributed by atoms with Crippen molar-refractivity contribution in [3.8, 4) is 12.3 Å². The minimum atomic E-state index is -0.497. The number of amides is 1. The van der Waals surface area contributed by atoms with Crippen LogP contribution in [0.2, 0.25) is 0 Å². The van der Waals surface area contributed by atoms with Crippen molar-refractivity contribution in [1.82, 2.24) is 9.80 Å². The van der Waals surface area contributed by atoms with E-state index in [1.54, 1.807) is 0 Å². The Bertz CT molecular complexity index is 643. The summed E-state index contributed by atoms with van der Waals surface area (Å²) >= 11 is 0. The van der Waals surface area contributed by atoms with Crippen LogP contribution in [0.1, 0.15) is 51.2 Å². The van der Waals surface area contributed by atoms with E-state index in [0.717, 1.165) is 43.5 Å². The van der Waals surface area contributed by atoms with Gasteiger partial charge in [0.25, 0.3) is 0 Å². The van der Waals surface area contributed by atoms with Gasteiger partial charge in [0.2, 0.25) is 0 Å². The molecule has 0 saturated carbocycles. The molecule has 5 heteroatoms. The molecule has 0 spiro atoms. The molecule has 1 saturated heterocycles. The van der Waals surface area contributed by atoms with Crippen molar-refractivity contribution >= 4 is 6.09 Å². The van der Waals surface area contributed by atoms with Gasteiger partial charge in [0.05, 0.1) is 6.61 Å². The number of likely N-dealkylation sites (tertiary alicyclic amines) is 1. The van der Waals surface area contributed by atoms with Crippen LogP contribution in [0.25, 0.3) is 0 Å². The van der Waals surface area contributed by atoms with Crippen LogP contribution < -0.4 is 0 Å². The highest BCUT2D eigenvalue weighted by Crippen LogP contribution is 2.22. The van der Waals surface area contributed by atoms with Crippen LogP contribution in [-0.2, 0) is 11.3 Å². The zero-order valence-corrected chi connectivity index (χ0v) is 16.8. The van der Waals surface area contributed by atoms with Gasteiger partial charge in [0.15, 0.2) is 0 Å². The normalized spacial score (nSPS) is 17.6. The van der Waals surface area contributed by atoms with Crippen molar-refractivity contribution in [2.45, 2.75) is 58.2 Å². The molecule has 1 atom stereocenters. The molecule has 1 aliphatic heterocycles. The van der Waals surface area contributed by atoms with Crippen molar-refractivity contribution in [3.63, 3.8) is 0 Å². The van der Waals surface area contributed by atoms with Crippen LogP contribution in [0.4, 0.5) is 4.79 Å². The molecule has 1 aliphatic rings. The number of terminal acetylenes is 1. The summed E-state index contributed by atoms with van der Waals surface area (Å²) in [4.78, 5) is 16.7. The molecule has 0 aliphatic carbocycles. The van der Waals surface area contributed by atoms with Crippen molar-refractivity contribution < 1.29 is 14.6 Å². The van der Waals surface area contributed by atoms with Crippen molar-refractivity contribution in [1.29, 1.82) is 0 Å². The second-order valence-electron chi connectivity index (χ2n) is 8.12. The van der Waals surface area contributed by atoms with Gasteiger partial charge in [-0.1, -0.05) is 18.1 Å². The van der Waals surface area contributed by atoms with Gasteiger partial charge in [-0.15, -0.1) is 6.42 Å². The Morgan fingerprint density at radius 2 is 2.04 bits per heavy atom. The quantitative estimate of drug-likeness (QED) is 0.779. The third kappa shape index (κ3) is 6.89. The fourth-order valence-corrected chi connectivity index (χ4v) is 3.39. The van der Waals surface area contributed by atoms with Crippen LogP contribution in [0.15, 0.2) is 24.3 Å². The Balaban J connectivity index is 2.05. The highest BCUT2D eigenvalue weighted by Gasteiger charge is 2.31. The van der Waals surface area contributed by atoms with Gasteiger partial charge in [0.1, 0.15) is 5.60 Å². The molecule has 1 unspecified atom stereocenters. The van der Waals surface area contributed by atoms with Gasteiger partial charge < -0.3 is 14.7 Å². The monoisotopic (exact) mass is 372 g/mol. The minimum absolute atomic E-state index is 0.0849. The first kappa shape index (κ1) is 21.3. The lowest BCUT2D eigenvalue weighted by molar-refractivity contribution is 0.00404. The smallest absolute Gasteiger partial charge is 0.410 e. The lowest BCUT2D eigenvalue weighted by atomic mass is 10.0.